The summed E-state index contributed by atoms with van der Waals surface area (Å²) < 4.78 is 38.4. The van der Waals surface area contributed by atoms with Crippen LogP contribution in [0, 0.1) is 0 Å². The van der Waals surface area contributed by atoms with Crippen molar-refractivity contribution in [3.63, 3.8) is 0 Å². The molecule has 2 saturated heterocycles. The Morgan fingerprint density at radius 1 is 1.06 bits per heavy atom. The van der Waals surface area contributed by atoms with E-state index < -0.39 is 11.7 Å². The quantitative estimate of drug-likeness (QED) is 0.601. The highest BCUT2D eigenvalue weighted by molar-refractivity contribution is 6.30. The van der Waals surface area contributed by atoms with Gasteiger partial charge in [0.1, 0.15) is 5.82 Å². The smallest absolute Gasteiger partial charge is 0.351 e. The summed E-state index contributed by atoms with van der Waals surface area (Å²) in [7, 11) is 0. The third-order valence-corrected chi connectivity index (χ3v) is 7.26. The van der Waals surface area contributed by atoms with Crippen LogP contribution in [0.5, 0.6) is 0 Å². The van der Waals surface area contributed by atoms with Crippen LogP contribution in [0.4, 0.5) is 19.0 Å². The summed E-state index contributed by atoms with van der Waals surface area (Å²) in [4.78, 5) is 23.3. The highest BCUT2D eigenvalue weighted by Crippen LogP contribution is 2.35. The average Bonchev–Trinajstić information content (AvgIpc) is 3.40. The van der Waals surface area contributed by atoms with Crippen LogP contribution in [0.2, 0.25) is 5.02 Å². The van der Waals surface area contributed by atoms with Gasteiger partial charge in [0.25, 0.3) is 0 Å². The Bertz CT molecular complexity index is 1070. The van der Waals surface area contributed by atoms with Gasteiger partial charge in [0.15, 0.2) is 5.78 Å². The van der Waals surface area contributed by atoms with Crippen LogP contribution in [0.3, 0.4) is 0 Å². The van der Waals surface area contributed by atoms with Crippen molar-refractivity contribution in [3.05, 3.63) is 64.8 Å². The molecule has 5 rings (SSSR count). The number of ketones is 1. The summed E-state index contributed by atoms with van der Waals surface area (Å²) in [6.07, 6.45) is 0.514. The molecule has 180 valence electrons. The predicted octanol–water partition coefficient (Wildman–Crippen LogP) is 4.38. The predicted molar refractivity (Wildman–Crippen MR) is 126 cm³/mol. The van der Waals surface area contributed by atoms with E-state index in [1.165, 1.54) is 17.2 Å². The van der Waals surface area contributed by atoms with Crippen molar-refractivity contribution in [1.82, 2.24) is 14.8 Å². The standard InChI is InChI=1S/C25H26ClF3N4O/c26-20-4-1-17(2-5-20)18-7-9-31(10-8-18)15-23(34)16-32-13-22-11-21(32)14-33(22)24-6-3-19(12-30-24)25(27,28)29/h1-7,12,21-22H,8-11,13-16H2. The van der Waals surface area contributed by atoms with Gasteiger partial charge < -0.3 is 4.90 Å². The molecule has 5 nitrogen and oxygen atoms in total. The topological polar surface area (TPSA) is 39.7 Å². The Labute approximate surface area is 201 Å². The van der Waals surface area contributed by atoms with E-state index in [4.69, 9.17) is 11.6 Å². The molecule has 2 atom stereocenters. The number of hydrogen-bond donors (Lipinski definition) is 0. The van der Waals surface area contributed by atoms with Crippen molar-refractivity contribution in [1.29, 1.82) is 0 Å². The number of benzene rings is 1. The number of piperazine rings is 1. The van der Waals surface area contributed by atoms with Gasteiger partial charge in [-0.3, -0.25) is 14.6 Å². The number of Topliss-reactive ketones (excluding diaryl/α,β-unsaturated/α-hetero) is 1. The third-order valence-electron chi connectivity index (χ3n) is 7.01. The van der Waals surface area contributed by atoms with Crippen molar-refractivity contribution in [2.24, 2.45) is 0 Å². The Kier molecular flexibility index (Phi) is 6.39. The molecule has 2 fully saturated rings. The van der Waals surface area contributed by atoms with Crippen molar-refractivity contribution in [2.45, 2.75) is 31.1 Å². The second kappa shape index (κ2) is 9.32. The lowest BCUT2D eigenvalue weighted by atomic mass is 9.99. The number of alkyl halides is 3. The molecule has 2 bridgehead atoms. The van der Waals surface area contributed by atoms with Gasteiger partial charge in [-0.1, -0.05) is 29.8 Å². The summed E-state index contributed by atoms with van der Waals surface area (Å²) in [6.45, 7) is 3.87. The number of aromatic nitrogens is 1. The molecule has 34 heavy (non-hydrogen) atoms. The van der Waals surface area contributed by atoms with Crippen LogP contribution >= 0.6 is 11.6 Å². The summed E-state index contributed by atoms with van der Waals surface area (Å²) in [5.41, 5.74) is 1.73. The number of carbonyl (C=O) groups excluding carboxylic acids is 1. The minimum absolute atomic E-state index is 0.182. The van der Waals surface area contributed by atoms with Gasteiger partial charge in [0, 0.05) is 49.5 Å². The van der Waals surface area contributed by atoms with Crippen LogP contribution in [0.15, 0.2) is 48.7 Å². The molecule has 0 spiro atoms. The van der Waals surface area contributed by atoms with Gasteiger partial charge in [-0.25, -0.2) is 4.98 Å². The Hall–Kier alpha value is -2.42. The second-order valence-corrected chi connectivity index (χ2v) is 9.72. The molecule has 9 heteroatoms. The number of nitrogens with zero attached hydrogens (tertiary/aromatic N) is 4. The average molecular weight is 491 g/mol. The molecule has 2 aromatic rings. The first-order chi connectivity index (χ1) is 16.3. The zero-order valence-corrected chi connectivity index (χ0v) is 19.4. The van der Waals surface area contributed by atoms with E-state index in [0.717, 1.165) is 49.8 Å². The van der Waals surface area contributed by atoms with Crippen molar-refractivity contribution < 1.29 is 18.0 Å². The first kappa shape index (κ1) is 23.3. The van der Waals surface area contributed by atoms with Gasteiger partial charge in [-0.2, -0.15) is 13.2 Å². The number of hydrogen-bond acceptors (Lipinski definition) is 5. The SMILES string of the molecule is O=C(CN1CC=C(c2ccc(Cl)cc2)CC1)CN1CC2CC1CN2c1ccc(C(F)(F)F)cn1. The van der Waals surface area contributed by atoms with Crippen molar-refractivity contribution >= 4 is 28.8 Å². The van der Waals surface area contributed by atoms with E-state index in [0.29, 0.717) is 25.5 Å². The molecule has 3 aliphatic heterocycles. The zero-order valence-electron chi connectivity index (χ0n) is 18.6. The van der Waals surface area contributed by atoms with Crippen LogP contribution in [0.1, 0.15) is 24.0 Å². The Morgan fingerprint density at radius 2 is 1.85 bits per heavy atom. The summed E-state index contributed by atoms with van der Waals surface area (Å²) in [5.74, 6) is 0.776. The lowest BCUT2D eigenvalue weighted by Crippen LogP contribution is -2.49. The minimum atomic E-state index is -4.38. The van der Waals surface area contributed by atoms with E-state index in [1.807, 2.05) is 24.3 Å². The van der Waals surface area contributed by atoms with Gasteiger partial charge in [0.05, 0.1) is 18.7 Å². The number of fused-ring (bicyclic) bond motifs is 2. The normalized spacial score (nSPS) is 23.4. The maximum Gasteiger partial charge on any atom is 0.417 e. The van der Waals surface area contributed by atoms with E-state index in [-0.39, 0.29) is 17.9 Å². The lowest BCUT2D eigenvalue weighted by Gasteiger charge is -2.35. The molecule has 0 aliphatic carbocycles. The van der Waals surface area contributed by atoms with Gasteiger partial charge in [-0.15, -0.1) is 0 Å². The molecule has 0 N–H and O–H groups in total. The number of anilines is 1. The van der Waals surface area contributed by atoms with E-state index in [2.05, 4.69) is 25.8 Å². The van der Waals surface area contributed by atoms with Gasteiger partial charge >= 0.3 is 6.18 Å². The fraction of sp³-hybridized carbons (Fsp3) is 0.440. The number of pyridine rings is 1. The highest BCUT2D eigenvalue weighted by atomic mass is 35.5. The molecule has 1 aromatic heterocycles. The van der Waals surface area contributed by atoms with Crippen LogP contribution in [0.25, 0.3) is 5.57 Å². The van der Waals surface area contributed by atoms with Crippen LogP contribution in [-0.4, -0.2) is 71.9 Å². The fourth-order valence-electron chi connectivity index (χ4n) is 5.25. The molecule has 2 unspecified atom stereocenters. The van der Waals surface area contributed by atoms with E-state index >= 15 is 0 Å². The molecular weight excluding hydrogens is 465 g/mol. The van der Waals surface area contributed by atoms with Crippen LogP contribution in [-0.2, 0) is 11.0 Å². The van der Waals surface area contributed by atoms with E-state index in [9.17, 15) is 18.0 Å². The minimum Gasteiger partial charge on any atom is -0.351 e. The van der Waals surface area contributed by atoms with Gasteiger partial charge in [-0.05, 0) is 48.2 Å². The maximum atomic E-state index is 12.8. The molecule has 0 radical (unpaired) electrons. The molecule has 0 amide bonds. The first-order valence-electron chi connectivity index (χ1n) is 11.5. The highest BCUT2D eigenvalue weighted by Gasteiger charge is 2.44. The van der Waals surface area contributed by atoms with Crippen molar-refractivity contribution in [3.8, 4) is 0 Å². The molecule has 4 heterocycles. The zero-order chi connectivity index (χ0) is 23.9. The van der Waals surface area contributed by atoms with E-state index in [1.54, 1.807) is 0 Å². The number of rotatable bonds is 6. The summed E-state index contributed by atoms with van der Waals surface area (Å²) in [5, 5.41) is 0.724. The summed E-state index contributed by atoms with van der Waals surface area (Å²) >= 11 is 5.97. The second-order valence-electron chi connectivity index (χ2n) is 9.29. The van der Waals surface area contributed by atoms with Crippen molar-refractivity contribution in [2.75, 3.05) is 44.2 Å². The third kappa shape index (κ3) is 4.99. The maximum absolute atomic E-state index is 12.8. The number of likely N-dealkylation sites (tertiary alicyclic amines) is 1. The number of halogens is 4. The Balaban J connectivity index is 1.10. The Morgan fingerprint density at radius 3 is 2.44 bits per heavy atom. The first-order valence-corrected chi connectivity index (χ1v) is 11.9. The summed E-state index contributed by atoms with van der Waals surface area (Å²) in [6, 6.07) is 10.8. The monoisotopic (exact) mass is 490 g/mol. The fourth-order valence-corrected chi connectivity index (χ4v) is 5.38. The molecule has 3 aliphatic rings. The molecule has 0 saturated carbocycles. The molecular formula is C25H26ClF3N4O. The molecule has 1 aromatic carbocycles. The largest absolute Gasteiger partial charge is 0.417 e. The number of carbonyl (C=O) groups is 1. The van der Waals surface area contributed by atoms with Gasteiger partial charge in [0.2, 0.25) is 0 Å². The lowest BCUT2D eigenvalue weighted by molar-refractivity contribution is -0.137. The van der Waals surface area contributed by atoms with Crippen LogP contribution < -0.4 is 4.90 Å².